The van der Waals surface area contributed by atoms with Crippen molar-refractivity contribution in [3.63, 3.8) is 0 Å². The van der Waals surface area contributed by atoms with Gasteiger partial charge in [-0.3, -0.25) is 0 Å². The number of rotatable bonds is 4. The highest BCUT2D eigenvalue weighted by molar-refractivity contribution is 5.92. The molecule has 0 aliphatic heterocycles. The quantitative estimate of drug-likeness (QED) is 0.373. The van der Waals surface area contributed by atoms with Crippen LogP contribution in [0, 0.1) is 0 Å². The van der Waals surface area contributed by atoms with Crippen molar-refractivity contribution in [2.75, 3.05) is 0 Å². The first-order chi connectivity index (χ1) is 10.3. The molecule has 0 aliphatic carbocycles. The van der Waals surface area contributed by atoms with Crippen LogP contribution in [-0.2, 0) is 9.59 Å². The summed E-state index contributed by atoms with van der Waals surface area (Å²) in [7, 11) is 0. The van der Waals surface area contributed by atoms with E-state index in [9.17, 15) is 14.4 Å². The van der Waals surface area contributed by atoms with Crippen LogP contribution in [0.5, 0.6) is 5.75 Å². The molecule has 0 N–H and O–H groups in total. The number of hydrogen-bond donors (Lipinski definition) is 0. The maximum Gasteiger partial charge on any atom is 0.343 e. The van der Waals surface area contributed by atoms with Crippen molar-refractivity contribution in [1.82, 2.24) is 0 Å². The van der Waals surface area contributed by atoms with Crippen molar-refractivity contribution >= 4 is 29.5 Å². The molecule has 0 unspecified atom stereocenters. The molecule has 0 heterocycles. The fourth-order valence-electron chi connectivity index (χ4n) is 1.62. The normalized spacial score (nSPS) is 9.14. The highest BCUT2D eigenvalue weighted by Crippen LogP contribution is 2.37. The second-order valence-electron chi connectivity index (χ2n) is 3.79. The SMILES string of the molecule is O=C=Nc1cccc(OC(=O)c2ccccc2)c1N=C=O. The molecule has 102 valence electrons. The molecule has 0 atom stereocenters. The van der Waals surface area contributed by atoms with E-state index in [0.29, 0.717) is 5.56 Å². The Morgan fingerprint density at radius 2 is 1.62 bits per heavy atom. The van der Waals surface area contributed by atoms with Crippen LogP contribution in [-0.4, -0.2) is 18.1 Å². The maximum absolute atomic E-state index is 12.0. The summed E-state index contributed by atoms with van der Waals surface area (Å²) in [5, 5.41) is 0. The van der Waals surface area contributed by atoms with Crippen LogP contribution in [0.1, 0.15) is 10.4 Å². The molecule has 21 heavy (non-hydrogen) atoms. The van der Waals surface area contributed by atoms with E-state index >= 15 is 0 Å². The molecule has 0 amide bonds. The molecule has 2 aromatic carbocycles. The predicted molar refractivity (Wildman–Crippen MR) is 73.4 cm³/mol. The Balaban J connectivity index is 2.40. The number of carbonyl (C=O) groups is 1. The van der Waals surface area contributed by atoms with Gasteiger partial charge in [0, 0.05) is 0 Å². The number of ether oxygens (including phenoxy) is 1. The molecule has 6 heteroatoms. The van der Waals surface area contributed by atoms with Crippen molar-refractivity contribution in [2.45, 2.75) is 0 Å². The Kier molecular flexibility index (Phi) is 4.51. The van der Waals surface area contributed by atoms with Gasteiger partial charge in [0.05, 0.1) is 5.56 Å². The Morgan fingerprint density at radius 1 is 0.905 bits per heavy atom. The van der Waals surface area contributed by atoms with E-state index < -0.39 is 5.97 Å². The minimum atomic E-state index is -0.620. The predicted octanol–water partition coefficient (Wildman–Crippen LogP) is 2.84. The third kappa shape index (κ3) is 3.36. The highest BCUT2D eigenvalue weighted by atomic mass is 16.5. The van der Waals surface area contributed by atoms with Gasteiger partial charge in [-0.05, 0) is 24.3 Å². The summed E-state index contributed by atoms with van der Waals surface area (Å²) >= 11 is 0. The van der Waals surface area contributed by atoms with Crippen LogP contribution in [0.4, 0.5) is 11.4 Å². The molecule has 0 radical (unpaired) electrons. The summed E-state index contributed by atoms with van der Waals surface area (Å²) in [4.78, 5) is 39.6. The molecule has 2 rings (SSSR count). The van der Waals surface area contributed by atoms with Gasteiger partial charge in [0.2, 0.25) is 12.2 Å². The topological polar surface area (TPSA) is 85.2 Å². The first-order valence-corrected chi connectivity index (χ1v) is 5.82. The van der Waals surface area contributed by atoms with Crippen molar-refractivity contribution in [3.8, 4) is 5.75 Å². The lowest BCUT2D eigenvalue weighted by Gasteiger charge is -2.07. The van der Waals surface area contributed by atoms with Crippen molar-refractivity contribution in [2.24, 2.45) is 9.98 Å². The van der Waals surface area contributed by atoms with Gasteiger partial charge in [-0.1, -0.05) is 24.3 Å². The summed E-state index contributed by atoms with van der Waals surface area (Å²) in [6.45, 7) is 0. The summed E-state index contributed by atoms with van der Waals surface area (Å²) < 4.78 is 5.17. The Hall–Kier alpha value is -3.33. The average molecular weight is 280 g/mol. The van der Waals surface area contributed by atoms with E-state index in [2.05, 4.69) is 9.98 Å². The van der Waals surface area contributed by atoms with Crippen molar-refractivity contribution in [1.29, 1.82) is 0 Å². The van der Waals surface area contributed by atoms with Crippen molar-refractivity contribution in [3.05, 3.63) is 54.1 Å². The number of aliphatic imine (C=N–C) groups is 2. The van der Waals surface area contributed by atoms with Gasteiger partial charge >= 0.3 is 5.97 Å². The first kappa shape index (κ1) is 14.1. The van der Waals surface area contributed by atoms with Crippen LogP contribution in [0.2, 0.25) is 0 Å². The molecule has 0 aliphatic rings. The number of para-hydroxylation sites is 1. The fourth-order valence-corrected chi connectivity index (χ4v) is 1.62. The molecule has 6 nitrogen and oxygen atoms in total. The standard InChI is InChI=1S/C15H8N2O4/c18-9-16-12-7-4-8-13(14(12)17-10-19)21-15(20)11-5-2-1-3-6-11/h1-8H. The van der Waals surface area contributed by atoms with Gasteiger partial charge in [0.1, 0.15) is 11.4 Å². The average Bonchev–Trinajstić information content (AvgIpc) is 2.51. The van der Waals surface area contributed by atoms with Crippen LogP contribution >= 0.6 is 0 Å². The second-order valence-corrected chi connectivity index (χ2v) is 3.79. The molecular formula is C15H8N2O4. The Morgan fingerprint density at radius 3 is 2.29 bits per heavy atom. The molecule has 2 aromatic rings. The second kappa shape index (κ2) is 6.73. The maximum atomic E-state index is 12.0. The lowest BCUT2D eigenvalue weighted by atomic mass is 10.2. The molecule has 0 saturated carbocycles. The number of esters is 1. The Bertz CT molecular complexity index is 758. The van der Waals surface area contributed by atoms with E-state index in [1.165, 1.54) is 30.4 Å². The van der Waals surface area contributed by atoms with Crippen LogP contribution in [0.25, 0.3) is 0 Å². The van der Waals surface area contributed by atoms with E-state index in [-0.39, 0.29) is 17.1 Å². The number of benzene rings is 2. The summed E-state index contributed by atoms with van der Waals surface area (Å²) in [5.74, 6) is -0.617. The zero-order chi connectivity index (χ0) is 15.1. The zero-order valence-corrected chi connectivity index (χ0v) is 10.6. The number of nitrogens with zero attached hydrogens (tertiary/aromatic N) is 2. The summed E-state index contributed by atoms with van der Waals surface area (Å²) in [6.07, 6.45) is 2.67. The fraction of sp³-hybridized carbons (Fsp3) is 0. The molecular weight excluding hydrogens is 272 g/mol. The van der Waals surface area contributed by atoms with E-state index in [0.717, 1.165) is 0 Å². The molecule has 0 bridgehead atoms. The van der Waals surface area contributed by atoms with Gasteiger partial charge in [0.25, 0.3) is 0 Å². The number of carbonyl (C=O) groups excluding carboxylic acids is 3. The van der Waals surface area contributed by atoms with Gasteiger partial charge in [0.15, 0.2) is 5.75 Å². The van der Waals surface area contributed by atoms with Crippen LogP contribution in [0.3, 0.4) is 0 Å². The van der Waals surface area contributed by atoms with E-state index in [1.807, 2.05) is 0 Å². The largest absolute Gasteiger partial charge is 0.420 e. The van der Waals surface area contributed by atoms with Gasteiger partial charge < -0.3 is 4.74 Å². The molecule has 0 aromatic heterocycles. The lowest BCUT2D eigenvalue weighted by Crippen LogP contribution is -2.08. The highest BCUT2D eigenvalue weighted by Gasteiger charge is 2.14. The van der Waals surface area contributed by atoms with Gasteiger partial charge in [-0.2, -0.15) is 9.98 Å². The zero-order valence-electron chi connectivity index (χ0n) is 10.6. The van der Waals surface area contributed by atoms with E-state index in [1.54, 1.807) is 30.3 Å². The monoisotopic (exact) mass is 280 g/mol. The first-order valence-electron chi connectivity index (χ1n) is 5.82. The molecule has 0 saturated heterocycles. The minimum Gasteiger partial charge on any atom is -0.420 e. The van der Waals surface area contributed by atoms with Gasteiger partial charge in [-0.25, -0.2) is 14.4 Å². The third-order valence-electron chi connectivity index (χ3n) is 2.51. The van der Waals surface area contributed by atoms with Gasteiger partial charge in [-0.15, -0.1) is 0 Å². The van der Waals surface area contributed by atoms with Crippen LogP contribution in [0.15, 0.2) is 58.5 Å². The third-order valence-corrected chi connectivity index (χ3v) is 2.51. The number of hydrogen-bond acceptors (Lipinski definition) is 6. The summed E-state index contributed by atoms with van der Waals surface area (Å²) in [5.41, 5.74) is 0.342. The minimum absolute atomic E-state index is 0.00343. The number of isocyanates is 2. The molecule has 0 spiro atoms. The van der Waals surface area contributed by atoms with Crippen molar-refractivity contribution < 1.29 is 19.1 Å². The summed E-state index contributed by atoms with van der Waals surface area (Å²) in [6, 6.07) is 12.7. The lowest BCUT2D eigenvalue weighted by molar-refractivity contribution is 0.0735. The smallest absolute Gasteiger partial charge is 0.343 e. The Labute approximate surface area is 119 Å². The molecule has 0 fully saturated rings. The van der Waals surface area contributed by atoms with E-state index in [4.69, 9.17) is 4.74 Å². The van der Waals surface area contributed by atoms with Crippen LogP contribution < -0.4 is 4.74 Å².